The molecule has 1 heterocycles. The fourth-order valence-electron chi connectivity index (χ4n) is 1.78. The van der Waals surface area contributed by atoms with Gasteiger partial charge in [0.15, 0.2) is 5.69 Å². The summed E-state index contributed by atoms with van der Waals surface area (Å²) in [4.78, 5) is 3.03. The van der Waals surface area contributed by atoms with Gasteiger partial charge in [-0.05, 0) is 23.8 Å². The van der Waals surface area contributed by atoms with Crippen LogP contribution in [-0.2, 0) is 12.4 Å². The molecule has 0 N–H and O–H groups in total. The van der Waals surface area contributed by atoms with Gasteiger partial charge in [-0.1, -0.05) is 12.1 Å². The lowest BCUT2D eigenvalue weighted by Crippen LogP contribution is -2.12. The Kier molecular flexibility index (Phi) is 3.65. The molecule has 0 unspecified atom stereocenters. The van der Waals surface area contributed by atoms with Crippen molar-refractivity contribution in [1.82, 2.24) is 4.98 Å². The number of benzene rings is 1. The van der Waals surface area contributed by atoms with Crippen LogP contribution in [0.5, 0.6) is 0 Å². The van der Waals surface area contributed by atoms with Crippen LogP contribution in [0, 0.1) is 5.82 Å². The summed E-state index contributed by atoms with van der Waals surface area (Å²) in [5, 5.41) is 0. The molecule has 2 aromatic rings. The summed E-state index contributed by atoms with van der Waals surface area (Å²) in [6.07, 6.45) is -9.12. The average molecular weight is 309 g/mol. The number of aromatic nitrogens is 1. The molecule has 0 aliphatic carbocycles. The average Bonchev–Trinajstić information content (AvgIpc) is 2.36. The molecular weight excluding hydrogens is 303 g/mol. The molecule has 8 heteroatoms. The zero-order valence-corrected chi connectivity index (χ0v) is 10.1. The van der Waals surface area contributed by atoms with Gasteiger partial charge in [0.25, 0.3) is 0 Å². The third kappa shape index (κ3) is 3.14. The minimum absolute atomic E-state index is 0.454. The van der Waals surface area contributed by atoms with Gasteiger partial charge >= 0.3 is 12.4 Å². The van der Waals surface area contributed by atoms with E-state index in [-0.39, 0.29) is 0 Å². The molecule has 0 atom stereocenters. The van der Waals surface area contributed by atoms with E-state index < -0.39 is 40.6 Å². The number of alkyl halides is 6. The number of rotatable bonds is 1. The van der Waals surface area contributed by atoms with Crippen LogP contribution in [0.15, 0.2) is 36.5 Å². The van der Waals surface area contributed by atoms with Crippen LogP contribution < -0.4 is 0 Å². The summed E-state index contributed by atoms with van der Waals surface area (Å²) >= 11 is 0. The number of pyridine rings is 1. The van der Waals surface area contributed by atoms with Crippen LogP contribution in [-0.4, -0.2) is 4.98 Å². The molecule has 21 heavy (non-hydrogen) atoms. The second-order valence-electron chi connectivity index (χ2n) is 4.09. The minimum Gasteiger partial charge on any atom is -0.251 e. The molecule has 0 saturated carbocycles. The maximum absolute atomic E-state index is 13.7. The predicted molar refractivity (Wildman–Crippen MR) is 59.6 cm³/mol. The van der Waals surface area contributed by atoms with Gasteiger partial charge in [-0.25, -0.2) is 4.39 Å². The Labute approximate surface area is 114 Å². The van der Waals surface area contributed by atoms with Crippen molar-refractivity contribution in [2.75, 3.05) is 0 Å². The van der Waals surface area contributed by atoms with E-state index in [1.165, 1.54) is 0 Å². The zero-order chi connectivity index (χ0) is 15.8. The first-order valence-corrected chi connectivity index (χ1v) is 5.50. The first-order chi connectivity index (χ1) is 9.60. The molecule has 0 fully saturated rings. The highest BCUT2D eigenvalue weighted by molar-refractivity contribution is 5.68. The van der Waals surface area contributed by atoms with Crippen LogP contribution in [0.2, 0.25) is 0 Å². The van der Waals surface area contributed by atoms with Gasteiger partial charge in [0, 0.05) is 11.8 Å². The molecule has 0 amide bonds. The van der Waals surface area contributed by atoms with Crippen LogP contribution in [0.1, 0.15) is 11.3 Å². The van der Waals surface area contributed by atoms with Gasteiger partial charge in [-0.15, -0.1) is 0 Å². The van der Waals surface area contributed by atoms with Crippen molar-refractivity contribution in [3.63, 3.8) is 0 Å². The van der Waals surface area contributed by atoms with Crippen molar-refractivity contribution in [2.45, 2.75) is 12.4 Å². The largest absolute Gasteiger partial charge is 0.434 e. The van der Waals surface area contributed by atoms with Gasteiger partial charge in [0.2, 0.25) is 0 Å². The fraction of sp³-hybridized carbons (Fsp3) is 0.154. The summed E-state index contributed by atoms with van der Waals surface area (Å²) in [6.45, 7) is 0. The van der Waals surface area contributed by atoms with Crippen molar-refractivity contribution < 1.29 is 30.7 Å². The molecule has 112 valence electrons. The monoisotopic (exact) mass is 309 g/mol. The molecule has 0 aliphatic heterocycles. The van der Waals surface area contributed by atoms with E-state index >= 15 is 0 Å². The second kappa shape index (κ2) is 5.01. The summed E-state index contributed by atoms with van der Waals surface area (Å²) in [6, 6.07) is 3.67. The third-order valence-corrected chi connectivity index (χ3v) is 2.65. The summed E-state index contributed by atoms with van der Waals surface area (Å²) in [5.41, 5.74) is -4.28. The van der Waals surface area contributed by atoms with Crippen molar-refractivity contribution in [3.05, 3.63) is 53.6 Å². The smallest absolute Gasteiger partial charge is 0.251 e. The van der Waals surface area contributed by atoms with Gasteiger partial charge in [-0.2, -0.15) is 26.3 Å². The standard InChI is InChI=1S/C13H6F7N/c14-9-4-5-21-11(13(18,19)20)10(9)7-2-1-3-8(6-7)12(15,16)17/h1-6H. The first-order valence-electron chi connectivity index (χ1n) is 5.50. The van der Waals surface area contributed by atoms with Crippen molar-refractivity contribution in [2.24, 2.45) is 0 Å². The van der Waals surface area contributed by atoms with E-state index in [2.05, 4.69) is 4.98 Å². The SMILES string of the molecule is Fc1ccnc(C(F)(F)F)c1-c1cccc(C(F)(F)F)c1. The van der Waals surface area contributed by atoms with E-state index in [0.717, 1.165) is 12.1 Å². The van der Waals surface area contributed by atoms with Crippen LogP contribution in [0.3, 0.4) is 0 Å². The zero-order valence-electron chi connectivity index (χ0n) is 10.1. The number of hydrogen-bond acceptors (Lipinski definition) is 1. The molecule has 0 saturated heterocycles. The van der Waals surface area contributed by atoms with Crippen LogP contribution in [0.4, 0.5) is 30.7 Å². The van der Waals surface area contributed by atoms with Crippen LogP contribution >= 0.6 is 0 Å². The van der Waals surface area contributed by atoms with E-state index in [4.69, 9.17) is 0 Å². The molecule has 1 nitrogen and oxygen atoms in total. The van der Waals surface area contributed by atoms with E-state index in [1.54, 1.807) is 0 Å². The van der Waals surface area contributed by atoms with Gasteiger partial charge in [-0.3, -0.25) is 4.98 Å². The molecule has 1 aromatic carbocycles. The lowest BCUT2D eigenvalue weighted by Gasteiger charge is -2.14. The lowest BCUT2D eigenvalue weighted by atomic mass is 10.0. The Balaban J connectivity index is 2.68. The highest BCUT2D eigenvalue weighted by Crippen LogP contribution is 2.38. The number of hydrogen-bond donors (Lipinski definition) is 0. The molecule has 1 aromatic heterocycles. The second-order valence-corrected chi connectivity index (χ2v) is 4.09. The van der Waals surface area contributed by atoms with Crippen molar-refractivity contribution in [3.8, 4) is 11.1 Å². The van der Waals surface area contributed by atoms with Crippen LogP contribution in [0.25, 0.3) is 11.1 Å². The molecule has 0 bridgehead atoms. The normalized spacial score (nSPS) is 12.5. The van der Waals surface area contributed by atoms with E-state index in [9.17, 15) is 30.7 Å². The quantitative estimate of drug-likeness (QED) is 0.681. The minimum atomic E-state index is -4.98. The van der Waals surface area contributed by atoms with Crippen molar-refractivity contribution >= 4 is 0 Å². The predicted octanol–water partition coefficient (Wildman–Crippen LogP) is 4.93. The Bertz CT molecular complexity index is 658. The fourth-order valence-corrected chi connectivity index (χ4v) is 1.78. The first kappa shape index (κ1) is 15.3. The molecule has 0 aliphatic rings. The maximum atomic E-state index is 13.7. The molecule has 2 rings (SSSR count). The van der Waals surface area contributed by atoms with E-state index in [1.807, 2.05) is 0 Å². The maximum Gasteiger partial charge on any atom is 0.434 e. The lowest BCUT2D eigenvalue weighted by molar-refractivity contribution is -0.140. The Morgan fingerprint density at radius 3 is 2.10 bits per heavy atom. The highest BCUT2D eigenvalue weighted by atomic mass is 19.4. The molecule has 0 spiro atoms. The highest BCUT2D eigenvalue weighted by Gasteiger charge is 2.37. The Morgan fingerprint density at radius 1 is 0.857 bits per heavy atom. The summed E-state index contributed by atoms with van der Waals surface area (Å²) < 4.78 is 89.8. The Morgan fingerprint density at radius 2 is 1.52 bits per heavy atom. The number of halogens is 7. The topological polar surface area (TPSA) is 12.9 Å². The molecular formula is C13H6F7N. The summed E-state index contributed by atoms with van der Waals surface area (Å²) in [5.74, 6) is -1.29. The van der Waals surface area contributed by atoms with Crippen molar-refractivity contribution in [1.29, 1.82) is 0 Å². The Hall–Kier alpha value is -2.12. The third-order valence-electron chi connectivity index (χ3n) is 2.65. The van der Waals surface area contributed by atoms with Gasteiger partial charge < -0.3 is 0 Å². The van der Waals surface area contributed by atoms with Gasteiger partial charge in [0.05, 0.1) is 5.56 Å². The van der Waals surface area contributed by atoms with E-state index in [0.29, 0.717) is 24.4 Å². The number of nitrogens with zero attached hydrogens (tertiary/aromatic N) is 1. The summed E-state index contributed by atoms with van der Waals surface area (Å²) in [7, 11) is 0. The van der Waals surface area contributed by atoms with Gasteiger partial charge in [0.1, 0.15) is 5.82 Å². The molecule has 0 radical (unpaired) electrons.